The number of nitrogens with zero attached hydrogens (tertiary/aromatic N) is 2. The molecule has 5 nitrogen and oxygen atoms in total. The van der Waals surface area contributed by atoms with Crippen LogP contribution in [0.2, 0.25) is 0 Å². The van der Waals surface area contributed by atoms with Gasteiger partial charge in [0.2, 0.25) is 5.91 Å². The van der Waals surface area contributed by atoms with E-state index >= 15 is 0 Å². The number of fused-ring (bicyclic) bond motifs is 1. The molecule has 0 saturated heterocycles. The number of thiophene rings is 1. The van der Waals surface area contributed by atoms with Crippen LogP contribution in [0.25, 0.3) is 27.0 Å². The molecule has 0 aliphatic heterocycles. The lowest BCUT2D eigenvalue weighted by Gasteiger charge is -2.20. The van der Waals surface area contributed by atoms with Crippen LogP contribution in [0.3, 0.4) is 0 Å². The molecule has 0 fully saturated rings. The van der Waals surface area contributed by atoms with Crippen LogP contribution < -0.4 is 10.9 Å². The Morgan fingerprint density at radius 2 is 1.64 bits per heavy atom. The number of nitrogens with one attached hydrogen (secondary N) is 1. The highest BCUT2D eigenvalue weighted by molar-refractivity contribution is 8.00. The minimum absolute atomic E-state index is 0.0391. The summed E-state index contributed by atoms with van der Waals surface area (Å²) >= 11 is 2.74. The van der Waals surface area contributed by atoms with Crippen LogP contribution in [0.1, 0.15) is 38.8 Å². The molecule has 0 bridgehead atoms. The maximum Gasteiger partial charge on any atom is 0.268 e. The summed E-state index contributed by atoms with van der Waals surface area (Å²) in [5.41, 5.74) is 5.41. The molecule has 1 N–H and O–H groups in total. The van der Waals surface area contributed by atoms with Crippen LogP contribution in [-0.4, -0.2) is 20.7 Å². The number of carbonyl (C=O) groups excluding carboxylic acids is 1. The Kier molecular flexibility index (Phi) is 7.47. The Morgan fingerprint density at radius 1 is 0.974 bits per heavy atom. The molecule has 198 valence electrons. The van der Waals surface area contributed by atoms with Crippen LogP contribution in [0, 0.1) is 6.92 Å². The van der Waals surface area contributed by atoms with E-state index in [1.54, 1.807) is 4.57 Å². The quantitative estimate of drug-likeness (QED) is 0.172. The molecular weight excluding hydrogens is 523 g/mol. The predicted octanol–water partition coefficient (Wildman–Crippen LogP) is 7.84. The van der Waals surface area contributed by atoms with Crippen molar-refractivity contribution in [3.63, 3.8) is 0 Å². The van der Waals surface area contributed by atoms with E-state index < -0.39 is 5.25 Å². The minimum Gasteiger partial charge on any atom is -0.325 e. The molecule has 0 aliphatic carbocycles. The fraction of sp³-hybridized carbons (Fsp3) is 0.219. The van der Waals surface area contributed by atoms with Crippen molar-refractivity contribution in [1.82, 2.24) is 9.55 Å². The Bertz CT molecular complexity index is 1700. The molecule has 39 heavy (non-hydrogen) atoms. The first-order valence-electron chi connectivity index (χ1n) is 12.9. The van der Waals surface area contributed by atoms with Crippen molar-refractivity contribution in [2.45, 2.75) is 50.4 Å². The number of amides is 1. The number of carbonyl (C=O) groups is 1. The summed E-state index contributed by atoms with van der Waals surface area (Å²) in [5.74, 6) is -0.148. The fourth-order valence-electron chi connectivity index (χ4n) is 4.42. The van der Waals surface area contributed by atoms with Gasteiger partial charge >= 0.3 is 0 Å². The summed E-state index contributed by atoms with van der Waals surface area (Å²) < 4.78 is 1.66. The van der Waals surface area contributed by atoms with Gasteiger partial charge in [0.05, 0.1) is 16.3 Å². The van der Waals surface area contributed by atoms with Crippen molar-refractivity contribution < 1.29 is 4.79 Å². The van der Waals surface area contributed by atoms with E-state index in [4.69, 9.17) is 4.98 Å². The SMILES string of the molecule is Cc1ccccc1-n1c(S[C@H](C)C(=O)Nc2ccc(C(C)(C)C)cc2)nc2scc(-c3ccccc3)c2c1=O. The first-order chi connectivity index (χ1) is 18.6. The predicted molar refractivity (Wildman–Crippen MR) is 164 cm³/mol. The van der Waals surface area contributed by atoms with Crippen LogP contribution >= 0.6 is 23.1 Å². The number of benzene rings is 3. The molecule has 0 spiro atoms. The zero-order valence-electron chi connectivity index (χ0n) is 22.7. The zero-order valence-corrected chi connectivity index (χ0v) is 24.3. The highest BCUT2D eigenvalue weighted by atomic mass is 32.2. The minimum atomic E-state index is -0.486. The van der Waals surface area contributed by atoms with Gasteiger partial charge in [-0.3, -0.25) is 14.2 Å². The van der Waals surface area contributed by atoms with Gasteiger partial charge in [0.1, 0.15) is 4.83 Å². The normalized spacial score (nSPS) is 12.4. The average molecular weight is 554 g/mol. The van der Waals surface area contributed by atoms with Crippen molar-refractivity contribution in [2.24, 2.45) is 0 Å². The average Bonchev–Trinajstić information content (AvgIpc) is 3.34. The summed E-state index contributed by atoms with van der Waals surface area (Å²) in [4.78, 5) is 32.9. The third-order valence-electron chi connectivity index (χ3n) is 6.69. The van der Waals surface area contributed by atoms with Gasteiger partial charge in [0.25, 0.3) is 5.56 Å². The number of hydrogen-bond acceptors (Lipinski definition) is 5. The highest BCUT2D eigenvalue weighted by Gasteiger charge is 2.23. The number of para-hydroxylation sites is 1. The third kappa shape index (κ3) is 5.56. The van der Waals surface area contributed by atoms with Gasteiger partial charge in [0, 0.05) is 16.6 Å². The summed E-state index contributed by atoms with van der Waals surface area (Å²) in [6.07, 6.45) is 0. The summed E-state index contributed by atoms with van der Waals surface area (Å²) in [5, 5.41) is 5.61. The van der Waals surface area contributed by atoms with E-state index in [0.717, 1.165) is 28.1 Å². The highest BCUT2D eigenvalue weighted by Crippen LogP contribution is 2.34. The largest absolute Gasteiger partial charge is 0.325 e. The number of rotatable bonds is 6. The smallest absolute Gasteiger partial charge is 0.268 e. The summed E-state index contributed by atoms with van der Waals surface area (Å²) in [6, 6.07) is 25.6. The molecule has 0 saturated carbocycles. The molecule has 3 aromatic carbocycles. The first kappa shape index (κ1) is 26.9. The van der Waals surface area contributed by atoms with Gasteiger partial charge in [-0.25, -0.2) is 4.98 Å². The van der Waals surface area contributed by atoms with Crippen molar-refractivity contribution in [3.8, 4) is 16.8 Å². The number of aryl methyl sites for hydroxylation is 1. The Labute approximate surface area is 236 Å². The maximum atomic E-state index is 14.1. The monoisotopic (exact) mass is 553 g/mol. The Balaban J connectivity index is 1.52. The number of hydrogen-bond donors (Lipinski definition) is 1. The summed E-state index contributed by atoms with van der Waals surface area (Å²) in [6.45, 7) is 10.3. The van der Waals surface area contributed by atoms with Gasteiger partial charge in [-0.2, -0.15) is 0 Å². The molecule has 0 radical (unpaired) electrons. The van der Waals surface area contributed by atoms with E-state index in [-0.39, 0.29) is 16.9 Å². The standard InChI is InChI=1S/C32H31N3O2S2/c1-20-11-9-10-14-26(20)35-30(37)27-25(22-12-7-6-8-13-22)19-38-29(27)34-31(35)39-21(2)28(36)33-24-17-15-23(16-18-24)32(3,4)5/h6-19,21H,1-5H3,(H,33,36)/t21-/m1/s1. The van der Waals surface area contributed by atoms with Gasteiger partial charge < -0.3 is 5.32 Å². The molecule has 0 unspecified atom stereocenters. The molecule has 1 amide bonds. The van der Waals surface area contributed by atoms with E-state index in [1.165, 1.54) is 28.7 Å². The molecule has 7 heteroatoms. The third-order valence-corrected chi connectivity index (χ3v) is 8.61. The Hall–Kier alpha value is -3.68. The summed E-state index contributed by atoms with van der Waals surface area (Å²) in [7, 11) is 0. The fourth-order valence-corrected chi connectivity index (χ4v) is 6.33. The molecule has 2 aromatic heterocycles. The second-order valence-corrected chi connectivity index (χ2v) is 12.8. The lowest BCUT2D eigenvalue weighted by molar-refractivity contribution is -0.115. The molecular formula is C32H31N3O2S2. The van der Waals surface area contributed by atoms with E-state index in [9.17, 15) is 9.59 Å². The first-order valence-corrected chi connectivity index (χ1v) is 14.6. The lowest BCUT2D eigenvalue weighted by atomic mass is 9.87. The van der Waals surface area contributed by atoms with Crippen molar-refractivity contribution >= 4 is 44.9 Å². The van der Waals surface area contributed by atoms with Crippen LogP contribution in [0.5, 0.6) is 0 Å². The molecule has 1 atom stereocenters. The van der Waals surface area contributed by atoms with E-state index in [1.807, 2.05) is 98.1 Å². The van der Waals surface area contributed by atoms with Gasteiger partial charge in [-0.1, -0.05) is 93.2 Å². The van der Waals surface area contributed by atoms with Crippen LogP contribution in [0.15, 0.2) is 94.2 Å². The van der Waals surface area contributed by atoms with Gasteiger partial charge in [-0.15, -0.1) is 11.3 Å². The number of anilines is 1. The van der Waals surface area contributed by atoms with Crippen molar-refractivity contribution in [3.05, 3.63) is 106 Å². The van der Waals surface area contributed by atoms with Crippen LogP contribution in [-0.2, 0) is 10.2 Å². The second kappa shape index (κ2) is 10.8. The molecule has 0 aliphatic rings. The topological polar surface area (TPSA) is 64.0 Å². The number of aromatic nitrogens is 2. The molecule has 2 heterocycles. The Morgan fingerprint density at radius 3 is 2.31 bits per heavy atom. The van der Waals surface area contributed by atoms with E-state index in [2.05, 4.69) is 26.1 Å². The zero-order chi connectivity index (χ0) is 27.7. The molecule has 5 rings (SSSR count). The van der Waals surface area contributed by atoms with Gasteiger partial charge in [-0.05, 0) is 54.2 Å². The van der Waals surface area contributed by atoms with Gasteiger partial charge in [0.15, 0.2) is 5.16 Å². The van der Waals surface area contributed by atoms with Crippen LogP contribution in [0.4, 0.5) is 5.69 Å². The second-order valence-electron chi connectivity index (χ2n) is 10.6. The number of thioether (sulfide) groups is 1. The molecule has 5 aromatic rings. The lowest BCUT2D eigenvalue weighted by Crippen LogP contribution is -2.26. The maximum absolute atomic E-state index is 14.1. The van der Waals surface area contributed by atoms with Crippen molar-refractivity contribution in [1.29, 1.82) is 0 Å². The van der Waals surface area contributed by atoms with Crippen molar-refractivity contribution in [2.75, 3.05) is 5.32 Å². The van der Waals surface area contributed by atoms with E-state index in [0.29, 0.717) is 15.4 Å².